The number of ether oxygens (including phenoxy) is 1. The summed E-state index contributed by atoms with van der Waals surface area (Å²) in [6.45, 7) is 8.50. The Balaban J connectivity index is 1.90. The summed E-state index contributed by atoms with van der Waals surface area (Å²) in [7, 11) is 2.12. The second-order valence-electron chi connectivity index (χ2n) is 6.86. The lowest BCUT2D eigenvalue weighted by atomic mass is 9.89. The standard InChI is InChI=1S/C18H26N4O2/c1-5-24-14-7-6-10-22-15(13(2)19-16(14)22)17(23)20-18(3)8-11-21(4)12-9-18/h6-7,10H,5,8-9,11-12H2,1-4H3,(H,20,23). The van der Waals surface area contributed by atoms with Gasteiger partial charge in [-0.05, 0) is 52.8 Å². The van der Waals surface area contributed by atoms with E-state index in [1.54, 1.807) is 0 Å². The number of fused-ring (bicyclic) bond motifs is 1. The van der Waals surface area contributed by atoms with Crippen LogP contribution in [0.15, 0.2) is 18.3 Å². The molecule has 0 bridgehead atoms. The van der Waals surface area contributed by atoms with Crippen LogP contribution in [0.4, 0.5) is 0 Å². The molecule has 3 rings (SSSR count). The molecule has 0 unspecified atom stereocenters. The van der Waals surface area contributed by atoms with Gasteiger partial charge < -0.3 is 15.0 Å². The smallest absolute Gasteiger partial charge is 0.270 e. The van der Waals surface area contributed by atoms with E-state index in [4.69, 9.17) is 4.74 Å². The van der Waals surface area contributed by atoms with Crippen molar-refractivity contribution in [2.45, 2.75) is 39.2 Å². The number of pyridine rings is 1. The third-order valence-electron chi connectivity index (χ3n) is 4.81. The van der Waals surface area contributed by atoms with Crippen molar-refractivity contribution in [2.24, 2.45) is 0 Å². The number of nitrogens with zero attached hydrogens (tertiary/aromatic N) is 3. The van der Waals surface area contributed by atoms with Gasteiger partial charge in [0.1, 0.15) is 5.69 Å². The average Bonchev–Trinajstić information content (AvgIpc) is 2.88. The first-order valence-electron chi connectivity index (χ1n) is 8.55. The van der Waals surface area contributed by atoms with E-state index in [0.29, 0.717) is 23.7 Å². The summed E-state index contributed by atoms with van der Waals surface area (Å²) in [6.07, 6.45) is 3.77. The molecule has 24 heavy (non-hydrogen) atoms. The zero-order valence-corrected chi connectivity index (χ0v) is 14.9. The van der Waals surface area contributed by atoms with Gasteiger partial charge in [-0.1, -0.05) is 0 Å². The zero-order chi connectivity index (χ0) is 17.3. The van der Waals surface area contributed by atoms with Crippen LogP contribution in [-0.4, -0.2) is 52.5 Å². The SMILES string of the molecule is CCOc1cccn2c(C(=O)NC3(C)CCN(C)CC3)c(C)nc12. The molecule has 0 aliphatic carbocycles. The van der Waals surface area contributed by atoms with Gasteiger partial charge in [0.05, 0.1) is 12.3 Å². The fourth-order valence-electron chi connectivity index (χ4n) is 3.27. The number of rotatable bonds is 4. The Labute approximate surface area is 142 Å². The molecule has 0 radical (unpaired) electrons. The first-order chi connectivity index (χ1) is 11.4. The number of carbonyl (C=O) groups is 1. The minimum atomic E-state index is -0.169. The molecule has 2 aromatic rings. The second-order valence-corrected chi connectivity index (χ2v) is 6.86. The predicted octanol–water partition coefficient (Wildman–Crippen LogP) is 2.26. The van der Waals surface area contributed by atoms with E-state index in [0.717, 1.165) is 31.6 Å². The minimum Gasteiger partial charge on any atom is -0.490 e. The molecule has 1 N–H and O–H groups in total. The molecule has 130 valence electrons. The third-order valence-corrected chi connectivity index (χ3v) is 4.81. The van der Waals surface area contributed by atoms with E-state index in [9.17, 15) is 4.79 Å². The van der Waals surface area contributed by atoms with Crippen LogP contribution >= 0.6 is 0 Å². The highest BCUT2D eigenvalue weighted by atomic mass is 16.5. The Kier molecular flexibility index (Phi) is 4.49. The largest absolute Gasteiger partial charge is 0.490 e. The first kappa shape index (κ1) is 16.8. The lowest BCUT2D eigenvalue weighted by Crippen LogP contribution is -2.52. The lowest BCUT2D eigenvalue weighted by Gasteiger charge is -2.38. The molecular weight excluding hydrogens is 304 g/mol. The maximum absolute atomic E-state index is 12.9. The number of carbonyl (C=O) groups excluding carboxylic acids is 1. The van der Waals surface area contributed by atoms with Crippen LogP contribution in [0, 0.1) is 6.92 Å². The van der Waals surface area contributed by atoms with Crippen molar-refractivity contribution in [2.75, 3.05) is 26.7 Å². The Morgan fingerprint density at radius 1 is 1.42 bits per heavy atom. The van der Waals surface area contributed by atoms with Gasteiger partial charge >= 0.3 is 0 Å². The molecule has 6 heteroatoms. The third kappa shape index (κ3) is 3.11. The molecule has 1 saturated heterocycles. The normalized spacial score (nSPS) is 17.8. The summed E-state index contributed by atoms with van der Waals surface area (Å²) in [4.78, 5) is 19.8. The van der Waals surface area contributed by atoms with Crippen molar-refractivity contribution in [3.05, 3.63) is 29.7 Å². The summed E-state index contributed by atoms with van der Waals surface area (Å²) < 4.78 is 7.46. The monoisotopic (exact) mass is 330 g/mol. The van der Waals surface area contributed by atoms with Crippen LogP contribution in [0.1, 0.15) is 42.9 Å². The van der Waals surface area contributed by atoms with Gasteiger partial charge in [-0.2, -0.15) is 0 Å². The average molecular weight is 330 g/mol. The summed E-state index contributed by atoms with van der Waals surface area (Å²) >= 11 is 0. The number of aromatic nitrogens is 2. The molecule has 0 spiro atoms. The van der Waals surface area contributed by atoms with Crippen LogP contribution in [0.2, 0.25) is 0 Å². The van der Waals surface area contributed by atoms with E-state index in [2.05, 4.69) is 29.2 Å². The molecule has 3 heterocycles. The fraction of sp³-hybridized carbons (Fsp3) is 0.556. The molecule has 1 aliphatic rings. The summed E-state index contributed by atoms with van der Waals surface area (Å²) in [5.41, 5.74) is 1.83. The van der Waals surface area contributed by atoms with Crippen molar-refractivity contribution >= 4 is 11.6 Å². The molecule has 6 nitrogen and oxygen atoms in total. The number of hydrogen-bond donors (Lipinski definition) is 1. The maximum Gasteiger partial charge on any atom is 0.270 e. The Bertz CT molecular complexity index is 745. The lowest BCUT2D eigenvalue weighted by molar-refractivity contribution is 0.0845. The predicted molar refractivity (Wildman–Crippen MR) is 93.7 cm³/mol. The van der Waals surface area contributed by atoms with Crippen LogP contribution in [0.5, 0.6) is 5.75 Å². The van der Waals surface area contributed by atoms with Gasteiger partial charge in [0.25, 0.3) is 5.91 Å². The Morgan fingerprint density at radius 2 is 2.12 bits per heavy atom. The maximum atomic E-state index is 12.9. The number of hydrogen-bond acceptors (Lipinski definition) is 4. The topological polar surface area (TPSA) is 58.9 Å². The van der Waals surface area contributed by atoms with Gasteiger partial charge in [-0.25, -0.2) is 4.98 Å². The highest BCUT2D eigenvalue weighted by Crippen LogP contribution is 2.24. The number of likely N-dealkylation sites (tertiary alicyclic amines) is 1. The van der Waals surface area contributed by atoms with E-state index in [1.165, 1.54) is 0 Å². The van der Waals surface area contributed by atoms with Gasteiger partial charge in [-0.3, -0.25) is 9.20 Å². The number of piperidine rings is 1. The van der Waals surface area contributed by atoms with Crippen LogP contribution < -0.4 is 10.1 Å². The molecule has 0 atom stereocenters. The minimum absolute atomic E-state index is 0.0688. The Morgan fingerprint density at radius 3 is 2.79 bits per heavy atom. The molecule has 0 aromatic carbocycles. The molecule has 0 saturated carbocycles. The summed E-state index contributed by atoms with van der Waals surface area (Å²) in [6, 6.07) is 3.76. The van der Waals surface area contributed by atoms with Crippen molar-refractivity contribution in [1.29, 1.82) is 0 Å². The van der Waals surface area contributed by atoms with Crippen LogP contribution in [-0.2, 0) is 0 Å². The number of amides is 1. The van der Waals surface area contributed by atoms with E-state index in [-0.39, 0.29) is 11.4 Å². The first-order valence-corrected chi connectivity index (χ1v) is 8.55. The number of aryl methyl sites for hydroxylation is 1. The van der Waals surface area contributed by atoms with Crippen LogP contribution in [0.3, 0.4) is 0 Å². The number of nitrogens with one attached hydrogen (secondary N) is 1. The van der Waals surface area contributed by atoms with Gasteiger partial charge in [-0.15, -0.1) is 0 Å². The molecule has 1 aliphatic heterocycles. The van der Waals surface area contributed by atoms with Gasteiger partial charge in [0, 0.05) is 24.8 Å². The fourth-order valence-corrected chi connectivity index (χ4v) is 3.27. The highest BCUT2D eigenvalue weighted by molar-refractivity contribution is 5.95. The van der Waals surface area contributed by atoms with Crippen molar-refractivity contribution in [1.82, 2.24) is 19.6 Å². The summed E-state index contributed by atoms with van der Waals surface area (Å²) in [5.74, 6) is 0.633. The second kappa shape index (κ2) is 6.43. The van der Waals surface area contributed by atoms with Crippen molar-refractivity contribution in [3.8, 4) is 5.75 Å². The van der Waals surface area contributed by atoms with E-state index < -0.39 is 0 Å². The molecule has 1 amide bonds. The number of imidazole rings is 1. The van der Waals surface area contributed by atoms with Gasteiger partial charge in [0.2, 0.25) is 0 Å². The zero-order valence-electron chi connectivity index (χ0n) is 14.9. The molecular formula is C18H26N4O2. The summed E-state index contributed by atoms with van der Waals surface area (Å²) in [5, 5.41) is 3.24. The van der Waals surface area contributed by atoms with Crippen LogP contribution in [0.25, 0.3) is 5.65 Å². The van der Waals surface area contributed by atoms with Crippen molar-refractivity contribution in [3.63, 3.8) is 0 Å². The highest BCUT2D eigenvalue weighted by Gasteiger charge is 2.32. The Hall–Kier alpha value is -2.08. The van der Waals surface area contributed by atoms with E-state index in [1.807, 2.05) is 36.6 Å². The quantitative estimate of drug-likeness (QED) is 0.934. The van der Waals surface area contributed by atoms with Crippen molar-refractivity contribution < 1.29 is 9.53 Å². The molecule has 1 fully saturated rings. The molecule has 2 aromatic heterocycles. The van der Waals surface area contributed by atoms with E-state index >= 15 is 0 Å². The van der Waals surface area contributed by atoms with Gasteiger partial charge in [0.15, 0.2) is 11.4 Å².